The second-order valence-corrected chi connectivity index (χ2v) is 2.93. The van der Waals surface area contributed by atoms with Crippen LogP contribution >= 0.6 is 0 Å². The number of carbonyl (C=O) groups is 1. The largest absolute Gasteiger partial charge is 0.506 e. The molecule has 0 aliphatic heterocycles. The highest BCUT2D eigenvalue weighted by molar-refractivity contribution is 5.76. The minimum atomic E-state index is -1.15. The lowest BCUT2D eigenvalue weighted by Gasteiger charge is -2.00. The lowest BCUT2D eigenvalue weighted by Crippen LogP contribution is -2.13. The first-order valence-electron chi connectivity index (χ1n) is 4.31. The molecule has 0 aliphatic carbocycles. The summed E-state index contributed by atoms with van der Waals surface area (Å²) in [5, 5.41) is 26.8. The lowest BCUT2D eigenvalue weighted by atomic mass is 10.2. The number of carboxylic acids is 1. The van der Waals surface area contributed by atoms with Crippen molar-refractivity contribution in [3.63, 3.8) is 0 Å². The van der Waals surface area contributed by atoms with Gasteiger partial charge in [-0.2, -0.15) is 0 Å². The van der Waals surface area contributed by atoms with Gasteiger partial charge in [-0.3, -0.25) is 9.79 Å². The number of phenols is 1. The van der Waals surface area contributed by atoms with Crippen LogP contribution in [0.5, 0.6) is 5.75 Å². The number of hydrogen-bond acceptors (Lipinski definition) is 4. The summed E-state index contributed by atoms with van der Waals surface area (Å²) in [6.07, 6.45) is -0.470. The number of benzene rings is 1. The Hall–Kier alpha value is -1.88. The molecule has 0 aromatic heterocycles. The third-order valence-corrected chi connectivity index (χ3v) is 1.65. The van der Waals surface area contributed by atoms with Crippen LogP contribution in [0.4, 0.5) is 5.69 Å². The van der Waals surface area contributed by atoms with E-state index < -0.39 is 18.5 Å². The molecule has 80 valence electrons. The van der Waals surface area contributed by atoms with E-state index in [0.717, 1.165) is 6.21 Å². The molecule has 0 radical (unpaired) electrons. The average Bonchev–Trinajstić information content (AvgIpc) is 2.15. The molecule has 15 heavy (non-hydrogen) atoms. The maximum atomic E-state index is 10.2. The molecule has 0 saturated carbocycles. The molecule has 1 unspecified atom stereocenters. The second-order valence-electron chi connectivity index (χ2n) is 2.93. The van der Waals surface area contributed by atoms with Crippen molar-refractivity contribution in [3.05, 3.63) is 24.3 Å². The molecule has 0 spiro atoms. The second kappa shape index (κ2) is 5.11. The van der Waals surface area contributed by atoms with Gasteiger partial charge in [0, 0.05) is 6.21 Å². The number of aliphatic imine (C=N–C) groups is 1. The van der Waals surface area contributed by atoms with Gasteiger partial charge < -0.3 is 15.3 Å². The molecular formula is C10H11NO4. The van der Waals surface area contributed by atoms with E-state index in [1.165, 1.54) is 6.07 Å². The molecule has 0 fully saturated rings. The summed E-state index contributed by atoms with van der Waals surface area (Å²) < 4.78 is 0. The fourth-order valence-corrected chi connectivity index (χ4v) is 0.971. The van der Waals surface area contributed by atoms with E-state index in [1.807, 2.05) is 0 Å². The summed E-state index contributed by atoms with van der Waals surface area (Å²) in [6, 6.07) is 6.33. The van der Waals surface area contributed by atoms with Crippen LogP contribution in [0, 0.1) is 0 Å². The number of phenolic OH excluding ortho intramolecular Hbond substituents is 1. The molecule has 0 amide bonds. The van der Waals surface area contributed by atoms with Crippen molar-refractivity contribution in [2.75, 3.05) is 0 Å². The molecule has 1 aromatic rings. The van der Waals surface area contributed by atoms with Gasteiger partial charge in [0.05, 0.1) is 12.5 Å². The molecule has 3 N–H and O–H groups in total. The minimum absolute atomic E-state index is 0.0173. The van der Waals surface area contributed by atoms with Crippen LogP contribution in [-0.4, -0.2) is 33.6 Å². The zero-order valence-electron chi connectivity index (χ0n) is 7.87. The standard InChI is InChI=1S/C10H11NO4/c12-7(5-10(14)15)6-11-8-3-1-2-4-9(8)13/h1-4,6-7,12-13H,5H2,(H,14,15). The molecule has 5 nitrogen and oxygen atoms in total. The maximum Gasteiger partial charge on any atom is 0.306 e. The summed E-state index contributed by atoms with van der Waals surface area (Å²) in [6.45, 7) is 0. The molecule has 0 heterocycles. The first-order chi connectivity index (χ1) is 7.09. The van der Waals surface area contributed by atoms with Crippen molar-refractivity contribution in [2.45, 2.75) is 12.5 Å². The molecule has 0 saturated heterocycles. The van der Waals surface area contributed by atoms with E-state index >= 15 is 0 Å². The van der Waals surface area contributed by atoms with Crippen LogP contribution in [-0.2, 0) is 4.79 Å². The van der Waals surface area contributed by atoms with Gasteiger partial charge in [0.1, 0.15) is 11.4 Å². The van der Waals surface area contributed by atoms with Crippen molar-refractivity contribution < 1.29 is 20.1 Å². The number of aliphatic hydroxyl groups is 1. The highest BCUT2D eigenvalue weighted by Gasteiger charge is 2.06. The van der Waals surface area contributed by atoms with E-state index in [4.69, 9.17) is 10.2 Å². The van der Waals surface area contributed by atoms with Gasteiger partial charge in [-0.15, -0.1) is 0 Å². The molecule has 0 bridgehead atoms. The molecule has 0 aliphatic rings. The zero-order valence-corrected chi connectivity index (χ0v) is 7.87. The minimum Gasteiger partial charge on any atom is -0.506 e. The maximum absolute atomic E-state index is 10.2. The highest BCUT2D eigenvalue weighted by atomic mass is 16.4. The number of hydrogen-bond donors (Lipinski definition) is 3. The summed E-state index contributed by atoms with van der Waals surface area (Å²) >= 11 is 0. The molecule has 1 aromatic carbocycles. The quantitative estimate of drug-likeness (QED) is 0.643. The molecule has 1 rings (SSSR count). The van der Waals surface area contributed by atoms with Crippen molar-refractivity contribution in [1.29, 1.82) is 0 Å². The number of carboxylic acid groups (broad SMARTS) is 1. The van der Waals surface area contributed by atoms with E-state index in [0.29, 0.717) is 5.69 Å². The van der Waals surface area contributed by atoms with Crippen molar-refractivity contribution >= 4 is 17.9 Å². The first-order valence-corrected chi connectivity index (χ1v) is 4.31. The number of aromatic hydroxyl groups is 1. The summed E-state index contributed by atoms with van der Waals surface area (Å²) in [5.74, 6) is -1.12. The van der Waals surface area contributed by atoms with E-state index in [9.17, 15) is 9.90 Å². The number of aliphatic carboxylic acids is 1. The Morgan fingerprint density at radius 2 is 2.13 bits per heavy atom. The van der Waals surface area contributed by atoms with Crippen molar-refractivity contribution in [3.8, 4) is 5.75 Å². The van der Waals surface area contributed by atoms with Gasteiger partial charge in [-0.1, -0.05) is 12.1 Å². The number of nitrogens with zero attached hydrogens (tertiary/aromatic N) is 1. The normalized spacial score (nSPS) is 12.9. The van der Waals surface area contributed by atoms with Crippen LogP contribution in [0.3, 0.4) is 0 Å². The number of aliphatic hydroxyl groups excluding tert-OH is 1. The zero-order chi connectivity index (χ0) is 11.3. The van der Waals surface area contributed by atoms with Crippen molar-refractivity contribution in [1.82, 2.24) is 0 Å². The fraction of sp³-hybridized carbons (Fsp3) is 0.200. The van der Waals surface area contributed by atoms with Gasteiger partial charge in [-0.25, -0.2) is 0 Å². The summed E-state index contributed by atoms with van der Waals surface area (Å²) in [7, 11) is 0. The predicted octanol–water partition coefficient (Wildman–Crippen LogP) is 0.930. The number of para-hydroxylation sites is 2. The SMILES string of the molecule is O=C(O)CC(O)C=Nc1ccccc1O. The Bertz CT molecular complexity index is 375. The van der Waals surface area contributed by atoms with Gasteiger partial charge >= 0.3 is 5.97 Å². The topological polar surface area (TPSA) is 90.1 Å². The first kappa shape index (κ1) is 11.2. The molecule has 5 heteroatoms. The summed E-state index contributed by atoms with van der Waals surface area (Å²) in [5.41, 5.74) is 0.293. The Labute approximate surface area is 86.3 Å². The van der Waals surface area contributed by atoms with E-state index in [-0.39, 0.29) is 5.75 Å². The van der Waals surface area contributed by atoms with Crippen LogP contribution in [0.15, 0.2) is 29.3 Å². The average molecular weight is 209 g/mol. The smallest absolute Gasteiger partial charge is 0.306 e. The van der Waals surface area contributed by atoms with Gasteiger partial charge in [-0.05, 0) is 12.1 Å². The monoisotopic (exact) mass is 209 g/mol. The van der Waals surface area contributed by atoms with Crippen LogP contribution in [0.1, 0.15) is 6.42 Å². The fourth-order valence-electron chi connectivity index (χ4n) is 0.971. The molecular weight excluding hydrogens is 198 g/mol. The summed E-state index contributed by atoms with van der Waals surface area (Å²) in [4.78, 5) is 14.0. The van der Waals surface area contributed by atoms with E-state index in [2.05, 4.69) is 4.99 Å². The Kier molecular flexibility index (Phi) is 3.82. The van der Waals surface area contributed by atoms with Crippen molar-refractivity contribution in [2.24, 2.45) is 4.99 Å². The van der Waals surface area contributed by atoms with Crippen LogP contribution in [0.2, 0.25) is 0 Å². The van der Waals surface area contributed by atoms with Crippen LogP contribution in [0.25, 0.3) is 0 Å². The van der Waals surface area contributed by atoms with Gasteiger partial charge in [0.2, 0.25) is 0 Å². The molecule has 1 atom stereocenters. The van der Waals surface area contributed by atoms with E-state index in [1.54, 1.807) is 18.2 Å². The number of rotatable bonds is 4. The van der Waals surface area contributed by atoms with Gasteiger partial charge in [0.15, 0.2) is 0 Å². The highest BCUT2D eigenvalue weighted by Crippen LogP contribution is 2.24. The lowest BCUT2D eigenvalue weighted by molar-refractivity contribution is -0.138. The van der Waals surface area contributed by atoms with Crippen LogP contribution < -0.4 is 0 Å². The Balaban J connectivity index is 2.65. The Morgan fingerprint density at radius 1 is 1.47 bits per heavy atom. The predicted molar refractivity (Wildman–Crippen MR) is 54.5 cm³/mol. The third kappa shape index (κ3) is 3.78. The van der Waals surface area contributed by atoms with Gasteiger partial charge in [0.25, 0.3) is 0 Å². The third-order valence-electron chi connectivity index (χ3n) is 1.65. The Morgan fingerprint density at radius 3 is 2.73 bits per heavy atom.